The van der Waals surface area contributed by atoms with Gasteiger partial charge in [-0.2, -0.15) is 0 Å². The Balaban J connectivity index is 2.15. The van der Waals surface area contributed by atoms with Crippen LogP contribution in [-0.2, 0) is 4.79 Å². The summed E-state index contributed by atoms with van der Waals surface area (Å²) in [5.41, 5.74) is 5.34. The standard InChI is InChI=1S/C11H15NO3/c12-10(11(13)14)7-4-8-15-9-5-2-1-3-6-9/h1-3,5-6,10H,4,7-8,12H2,(H,13,14)/t10-/m0/s1. The Labute approximate surface area is 88.7 Å². The van der Waals surface area contributed by atoms with E-state index < -0.39 is 12.0 Å². The van der Waals surface area contributed by atoms with Crippen LogP contribution in [-0.4, -0.2) is 23.7 Å². The van der Waals surface area contributed by atoms with Crippen molar-refractivity contribution in [3.05, 3.63) is 30.3 Å². The number of rotatable bonds is 6. The summed E-state index contributed by atoms with van der Waals surface area (Å²) in [5, 5.41) is 8.53. The molecule has 1 aromatic carbocycles. The van der Waals surface area contributed by atoms with Crippen LogP contribution < -0.4 is 10.5 Å². The van der Waals surface area contributed by atoms with Gasteiger partial charge in [0.2, 0.25) is 0 Å². The number of carboxylic acid groups (broad SMARTS) is 1. The van der Waals surface area contributed by atoms with E-state index in [1.165, 1.54) is 0 Å². The molecule has 0 saturated heterocycles. The lowest BCUT2D eigenvalue weighted by Crippen LogP contribution is -2.30. The van der Waals surface area contributed by atoms with E-state index in [0.29, 0.717) is 19.4 Å². The molecular weight excluding hydrogens is 194 g/mol. The minimum atomic E-state index is -0.963. The SMILES string of the molecule is N[C@@H](CCCOc1ccccc1)C(=O)O. The largest absolute Gasteiger partial charge is 0.494 e. The number of benzene rings is 1. The monoisotopic (exact) mass is 209 g/mol. The van der Waals surface area contributed by atoms with Crippen molar-refractivity contribution < 1.29 is 14.6 Å². The van der Waals surface area contributed by atoms with Crippen molar-refractivity contribution in [1.82, 2.24) is 0 Å². The van der Waals surface area contributed by atoms with Gasteiger partial charge in [0.1, 0.15) is 11.8 Å². The first-order valence-corrected chi connectivity index (χ1v) is 4.86. The molecule has 82 valence electrons. The van der Waals surface area contributed by atoms with E-state index in [9.17, 15) is 4.79 Å². The van der Waals surface area contributed by atoms with Gasteiger partial charge in [0.25, 0.3) is 0 Å². The zero-order valence-electron chi connectivity index (χ0n) is 8.43. The Hall–Kier alpha value is -1.55. The molecule has 0 aromatic heterocycles. The Bertz CT molecular complexity index is 300. The van der Waals surface area contributed by atoms with Gasteiger partial charge in [-0.25, -0.2) is 0 Å². The summed E-state index contributed by atoms with van der Waals surface area (Å²) in [5.74, 6) is -0.170. The van der Waals surface area contributed by atoms with Gasteiger partial charge in [0.15, 0.2) is 0 Å². The second-order valence-corrected chi connectivity index (χ2v) is 3.25. The van der Waals surface area contributed by atoms with Crippen LogP contribution in [0.1, 0.15) is 12.8 Å². The van der Waals surface area contributed by atoms with Crippen molar-refractivity contribution in [3.8, 4) is 5.75 Å². The first-order valence-electron chi connectivity index (χ1n) is 4.86. The molecule has 0 amide bonds. The second kappa shape index (κ2) is 6.03. The number of para-hydroxylation sites is 1. The molecule has 0 heterocycles. The highest BCUT2D eigenvalue weighted by atomic mass is 16.5. The Morgan fingerprint density at radius 3 is 2.67 bits per heavy atom. The van der Waals surface area contributed by atoms with Gasteiger partial charge < -0.3 is 15.6 Å². The zero-order valence-corrected chi connectivity index (χ0v) is 8.43. The van der Waals surface area contributed by atoms with Gasteiger partial charge in [-0.15, -0.1) is 0 Å². The maximum absolute atomic E-state index is 10.4. The van der Waals surface area contributed by atoms with Gasteiger partial charge in [-0.05, 0) is 25.0 Å². The highest BCUT2D eigenvalue weighted by Gasteiger charge is 2.10. The lowest BCUT2D eigenvalue weighted by Gasteiger charge is -2.07. The van der Waals surface area contributed by atoms with E-state index in [2.05, 4.69) is 0 Å². The molecule has 4 nitrogen and oxygen atoms in total. The minimum Gasteiger partial charge on any atom is -0.494 e. The first kappa shape index (κ1) is 11.5. The molecule has 0 aliphatic heterocycles. The van der Waals surface area contributed by atoms with Crippen LogP contribution in [0, 0.1) is 0 Å². The molecule has 0 spiro atoms. The van der Waals surface area contributed by atoms with Gasteiger partial charge in [0, 0.05) is 0 Å². The lowest BCUT2D eigenvalue weighted by molar-refractivity contribution is -0.138. The van der Waals surface area contributed by atoms with Crippen LogP contribution >= 0.6 is 0 Å². The number of hydrogen-bond acceptors (Lipinski definition) is 3. The van der Waals surface area contributed by atoms with Crippen LogP contribution in [0.15, 0.2) is 30.3 Å². The normalized spacial score (nSPS) is 12.1. The maximum Gasteiger partial charge on any atom is 0.320 e. The molecule has 0 bridgehead atoms. The number of ether oxygens (including phenoxy) is 1. The van der Waals surface area contributed by atoms with Gasteiger partial charge >= 0.3 is 5.97 Å². The number of nitrogens with two attached hydrogens (primary N) is 1. The molecule has 0 saturated carbocycles. The van der Waals surface area contributed by atoms with Crippen molar-refractivity contribution in [3.63, 3.8) is 0 Å². The van der Waals surface area contributed by atoms with Crippen molar-refractivity contribution >= 4 is 5.97 Å². The van der Waals surface area contributed by atoms with Crippen LogP contribution in [0.2, 0.25) is 0 Å². The van der Waals surface area contributed by atoms with Crippen LogP contribution in [0.3, 0.4) is 0 Å². The lowest BCUT2D eigenvalue weighted by atomic mass is 10.2. The fourth-order valence-electron chi connectivity index (χ4n) is 1.13. The van der Waals surface area contributed by atoms with Crippen molar-refractivity contribution in [1.29, 1.82) is 0 Å². The molecule has 0 aliphatic carbocycles. The molecule has 3 N–H and O–H groups in total. The topological polar surface area (TPSA) is 72.5 Å². The summed E-state index contributed by atoms with van der Waals surface area (Å²) in [7, 11) is 0. The van der Waals surface area contributed by atoms with E-state index in [1.807, 2.05) is 30.3 Å². The van der Waals surface area contributed by atoms with Gasteiger partial charge in [0.05, 0.1) is 6.61 Å². The molecule has 0 unspecified atom stereocenters. The zero-order chi connectivity index (χ0) is 11.1. The third kappa shape index (κ3) is 4.46. The van der Waals surface area contributed by atoms with E-state index >= 15 is 0 Å². The summed E-state index contributed by atoms with van der Waals surface area (Å²) in [6, 6.07) is 8.61. The van der Waals surface area contributed by atoms with Gasteiger partial charge in [-0.3, -0.25) is 4.79 Å². The molecule has 0 radical (unpaired) electrons. The Morgan fingerprint density at radius 1 is 1.40 bits per heavy atom. The average Bonchev–Trinajstić information content (AvgIpc) is 2.25. The fraction of sp³-hybridized carbons (Fsp3) is 0.364. The van der Waals surface area contributed by atoms with E-state index in [1.54, 1.807) is 0 Å². The molecule has 0 aliphatic rings. The maximum atomic E-state index is 10.4. The number of aliphatic carboxylic acids is 1. The Kier molecular flexibility index (Phi) is 4.63. The highest BCUT2D eigenvalue weighted by Crippen LogP contribution is 2.09. The van der Waals surface area contributed by atoms with Crippen molar-refractivity contribution in [2.75, 3.05) is 6.61 Å². The summed E-state index contributed by atoms with van der Waals surface area (Å²) in [4.78, 5) is 10.4. The van der Waals surface area contributed by atoms with Crippen LogP contribution in [0.4, 0.5) is 0 Å². The fourth-order valence-corrected chi connectivity index (χ4v) is 1.13. The third-order valence-corrected chi connectivity index (χ3v) is 1.99. The quantitative estimate of drug-likeness (QED) is 0.692. The minimum absolute atomic E-state index is 0.433. The summed E-state index contributed by atoms with van der Waals surface area (Å²) < 4.78 is 5.39. The third-order valence-electron chi connectivity index (χ3n) is 1.99. The number of carboxylic acids is 1. The molecule has 15 heavy (non-hydrogen) atoms. The van der Waals surface area contributed by atoms with E-state index in [4.69, 9.17) is 15.6 Å². The first-order chi connectivity index (χ1) is 7.20. The van der Waals surface area contributed by atoms with Gasteiger partial charge in [-0.1, -0.05) is 18.2 Å². The van der Waals surface area contributed by atoms with E-state index in [0.717, 1.165) is 5.75 Å². The predicted molar refractivity (Wildman–Crippen MR) is 56.8 cm³/mol. The molecular formula is C11H15NO3. The number of hydrogen-bond donors (Lipinski definition) is 2. The Morgan fingerprint density at radius 2 is 2.07 bits per heavy atom. The molecule has 4 heteroatoms. The predicted octanol–water partition coefficient (Wildman–Crippen LogP) is 1.26. The van der Waals surface area contributed by atoms with Crippen LogP contribution in [0.25, 0.3) is 0 Å². The highest BCUT2D eigenvalue weighted by molar-refractivity contribution is 5.72. The summed E-state index contributed by atoms with van der Waals surface area (Å²) in [6.07, 6.45) is 1.07. The number of carbonyl (C=O) groups is 1. The second-order valence-electron chi connectivity index (χ2n) is 3.25. The van der Waals surface area contributed by atoms with E-state index in [-0.39, 0.29) is 0 Å². The molecule has 1 rings (SSSR count). The summed E-state index contributed by atoms with van der Waals surface area (Å²) in [6.45, 7) is 0.491. The van der Waals surface area contributed by atoms with Crippen molar-refractivity contribution in [2.24, 2.45) is 5.73 Å². The summed E-state index contributed by atoms with van der Waals surface area (Å²) >= 11 is 0. The van der Waals surface area contributed by atoms with Crippen LogP contribution in [0.5, 0.6) is 5.75 Å². The average molecular weight is 209 g/mol. The molecule has 0 fully saturated rings. The molecule has 1 atom stereocenters. The molecule has 1 aromatic rings. The smallest absolute Gasteiger partial charge is 0.320 e. The van der Waals surface area contributed by atoms with Crippen molar-refractivity contribution in [2.45, 2.75) is 18.9 Å².